The highest BCUT2D eigenvalue weighted by Gasteiger charge is 2.14. The fraction of sp³-hybridized carbons (Fsp3) is 0.286. The van der Waals surface area contributed by atoms with Crippen molar-refractivity contribution in [3.05, 3.63) is 39.8 Å². The van der Waals surface area contributed by atoms with E-state index >= 15 is 0 Å². The van der Waals surface area contributed by atoms with E-state index < -0.39 is 0 Å². The van der Waals surface area contributed by atoms with Crippen molar-refractivity contribution in [2.75, 3.05) is 5.75 Å². The molecule has 128 valence electrons. The third kappa shape index (κ3) is 2.43. The van der Waals surface area contributed by atoms with Crippen molar-refractivity contribution >= 4 is 34.1 Å². The molecule has 0 spiro atoms. The van der Waals surface area contributed by atoms with Gasteiger partial charge in [-0.2, -0.15) is 0 Å². The zero-order valence-electron chi connectivity index (χ0n) is 13.5. The Morgan fingerprint density at radius 2 is 1.96 bits per heavy atom. The second-order valence-electron chi connectivity index (χ2n) is 5.44. The monoisotopic (exact) mass is 358 g/mol. The molecule has 4 aromatic heterocycles. The van der Waals surface area contributed by atoms with Gasteiger partial charge >= 0.3 is 5.69 Å². The normalized spacial score (nSPS) is 11.6. The van der Waals surface area contributed by atoms with E-state index in [4.69, 9.17) is 0 Å². The molecule has 0 fully saturated rings. The first-order valence-corrected chi connectivity index (χ1v) is 8.44. The molecular formula is C14H14N8O2S. The Bertz CT molecular complexity index is 1200. The van der Waals surface area contributed by atoms with Gasteiger partial charge in [-0.25, -0.2) is 24.7 Å². The Morgan fingerprint density at radius 1 is 1.12 bits per heavy atom. The fourth-order valence-electron chi connectivity index (χ4n) is 2.66. The predicted octanol–water partition coefficient (Wildman–Crippen LogP) is -0.108. The molecule has 4 heterocycles. The van der Waals surface area contributed by atoms with Crippen LogP contribution in [-0.4, -0.2) is 44.4 Å². The summed E-state index contributed by atoms with van der Waals surface area (Å²) in [6.45, 7) is 0.550. The van der Waals surface area contributed by atoms with Crippen LogP contribution in [0.5, 0.6) is 0 Å². The second-order valence-corrected chi connectivity index (χ2v) is 6.53. The van der Waals surface area contributed by atoms with Gasteiger partial charge in [0.1, 0.15) is 16.9 Å². The number of fused-ring (bicyclic) bond motifs is 2. The summed E-state index contributed by atoms with van der Waals surface area (Å²) in [5.74, 6) is 0.669. The molecule has 0 atom stereocenters. The van der Waals surface area contributed by atoms with Gasteiger partial charge in [0.15, 0.2) is 16.8 Å². The maximum atomic E-state index is 12.4. The van der Waals surface area contributed by atoms with Crippen molar-refractivity contribution in [3.63, 3.8) is 0 Å². The molecule has 0 radical (unpaired) electrons. The molecule has 4 aromatic rings. The van der Waals surface area contributed by atoms with E-state index in [1.807, 2.05) is 0 Å². The molecule has 0 saturated carbocycles. The molecule has 0 aliphatic rings. The van der Waals surface area contributed by atoms with Crippen molar-refractivity contribution in [3.8, 4) is 0 Å². The third-order valence-electron chi connectivity index (χ3n) is 3.98. The van der Waals surface area contributed by atoms with Crippen LogP contribution < -0.4 is 11.2 Å². The number of aryl methyl sites for hydroxylation is 2. The van der Waals surface area contributed by atoms with E-state index in [0.29, 0.717) is 29.1 Å². The number of aromatic nitrogens is 8. The van der Waals surface area contributed by atoms with Gasteiger partial charge in [-0.05, 0) is 0 Å². The Kier molecular flexibility index (Phi) is 3.64. The highest BCUT2D eigenvalue weighted by Crippen LogP contribution is 2.22. The van der Waals surface area contributed by atoms with Crippen molar-refractivity contribution < 1.29 is 0 Å². The van der Waals surface area contributed by atoms with Crippen molar-refractivity contribution in [2.24, 2.45) is 14.1 Å². The van der Waals surface area contributed by atoms with Crippen molar-refractivity contribution in [1.29, 1.82) is 0 Å². The molecule has 25 heavy (non-hydrogen) atoms. The van der Waals surface area contributed by atoms with Gasteiger partial charge in [-0.3, -0.25) is 13.9 Å². The number of hydrogen-bond acceptors (Lipinski definition) is 7. The standard InChI is InChI=1S/C14H14N8O2S/c1-20-11-9(13(23)21(2)14(20)24)22(7-19-11)3-4-25-12-8-10(16-5-15-8)17-6-18-12/h5-7H,3-4H2,1-2H3,(H,15,16,17,18). The Hall–Kier alpha value is -2.95. The van der Waals surface area contributed by atoms with Gasteiger partial charge in [-0.15, -0.1) is 11.8 Å². The highest BCUT2D eigenvalue weighted by molar-refractivity contribution is 7.99. The van der Waals surface area contributed by atoms with Gasteiger partial charge in [0.25, 0.3) is 5.56 Å². The van der Waals surface area contributed by atoms with Crippen LogP contribution >= 0.6 is 11.8 Å². The lowest BCUT2D eigenvalue weighted by atomic mass is 10.5. The van der Waals surface area contributed by atoms with Crippen LogP contribution in [0.3, 0.4) is 0 Å². The largest absolute Gasteiger partial charge is 0.341 e. The number of hydrogen-bond donors (Lipinski definition) is 1. The molecule has 0 aromatic carbocycles. The topological polar surface area (TPSA) is 116 Å². The summed E-state index contributed by atoms with van der Waals surface area (Å²) in [5.41, 5.74) is 1.48. The van der Waals surface area contributed by atoms with Crippen LogP contribution in [0.1, 0.15) is 0 Å². The van der Waals surface area contributed by atoms with E-state index in [1.165, 1.54) is 29.7 Å². The summed E-state index contributed by atoms with van der Waals surface area (Å²) >= 11 is 1.53. The van der Waals surface area contributed by atoms with E-state index in [2.05, 4.69) is 24.9 Å². The molecule has 0 amide bonds. The number of rotatable bonds is 4. The molecule has 10 nitrogen and oxygen atoms in total. The molecular weight excluding hydrogens is 344 g/mol. The number of nitrogens with one attached hydrogen (secondary N) is 1. The van der Waals surface area contributed by atoms with E-state index in [9.17, 15) is 9.59 Å². The van der Waals surface area contributed by atoms with E-state index in [-0.39, 0.29) is 11.2 Å². The quantitative estimate of drug-likeness (QED) is 0.400. The summed E-state index contributed by atoms with van der Waals surface area (Å²) in [6, 6.07) is 0. The third-order valence-corrected chi connectivity index (χ3v) is 4.95. The fourth-order valence-corrected chi connectivity index (χ4v) is 3.56. The summed E-state index contributed by atoms with van der Waals surface area (Å²) in [7, 11) is 3.07. The van der Waals surface area contributed by atoms with Crippen molar-refractivity contribution in [1.82, 2.24) is 38.6 Å². The van der Waals surface area contributed by atoms with E-state index in [0.717, 1.165) is 15.1 Å². The summed E-state index contributed by atoms with van der Waals surface area (Å²) in [4.78, 5) is 44.0. The molecule has 0 bridgehead atoms. The second kappa shape index (κ2) is 5.84. The number of aromatic amines is 1. The lowest BCUT2D eigenvalue weighted by Gasteiger charge is -2.06. The van der Waals surface area contributed by atoms with Gasteiger partial charge in [0, 0.05) is 26.4 Å². The van der Waals surface area contributed by atoms with E-state index in [1.54, 1.807) is 24.3 Å². The molecule has 0 saturated heterocycles. The average molecular weight is 358 g/mol. The minimum Gasteiger partial charge on any atom is -0.341 e. The number of thioether (sulfide) groups is 1. The average Bonchev–Trinajstić information content (AvgIpc) is 3.25. The maximum Gasteiger partial charge on any atom is 0.332 e. The van der Waals surface area contributed by atoms with Gasteiger partial charge in [0.2, 0.25) is 0 Å². The molecule has 0 aliphatic carbocycles. The minimum absolute atomic E-state index is 0.349. The summed E-state index contributed by atoms with van der Waals surface area (Å²) in [5, 5.41) is 0.798. The summed E-state index contributed by atoms with van der Waals surface area (Å²) in [6.07, 6.45) is 4.64. The number of nitrogens with zero attached hydrogens (tertiary/aromatic N) is 7. The Labute approximate surface area is 144 Å². The van der Waals surface area contributed by atoms with Crippen LogP contribution in [0, 0.1) is 0 Å². The Morgan fingerprint density at radius 3 is 2.80 bits per heavy atom. The molecule has 1 N–H and O–H groups in total. The zero-order valence-corrected chi connectivity index (χ0v) is 14.3. The number of H-pyrrole nitrogens is 1. The van der Waals surface area contributed by atoms with Crippen LogP contribution in [-0.2, 0) is 20.6 Å². The zero-order chi connectivity index (χ0) is 17.6. The van der Waals surface area contributed by atoms with Crippen molar-refractivity contribution in [2.45, 2.75) is 11.6 Å². The molecule has 0 aliphatic heterocycles. The highest BCUT2D eigenvalue weighted by atomic mass is 32.2. The lowest BCUT2D eigenvalue weighted by molar-refractivity contribution is 0.700. The first-order valence-electron chi connectivity index (χ1n) is 7.45. The van der Waals surface area contributed by atoms with Crippen LogP contribution in [0.15, 0.2) is 33.6 Å². The van der Waals surface area contributed by atoms with Gasteiger partial charge in [0.05, 0.1) is 12.7 Å². The molecule has 0 unspecified atom stereocenters. The van der Waals surface area contributed by atoms with Gasteiger partial charge < -0.3 is 9.55 Å². The lowest BCUT2D eigenvalue weighted by Crippen LogP contribution is -2.37. The van der Waals surface area contributed by atoms with Crippen LogP contribution in [0.4, 0.5) is 0 Å². The van der Waals surface area contributed by atoms with Gasteiger partial charge in [-0.1, -0.05) is 0 Å². The van der Waals surface area contributed by atoms with Crippen LogP contribution in [0.25, 0.3) is 22.3 Å². The smallest absolute Gasteiger partial charge is 0.332 e. The maximum absolute atomic E-state index is 12.4. The minimum atomic E-state index is -0.389. The van der Waals surface area contributed by atoms with Crippen LogP contribution in [0.2, 0.25) is 0 Å². The first kappa shape index (κ1) is 15.6. The molecule has 4 rings (SSSR count). The number of imidazole rings is 2. The predicted molar refractivity (Wildman–Crippen MR) is 92.6 cm³/mol. The first-order chi connectivity index (χ1) is 12.1. The SMILES string of the molecule is Cn1c(=O)c2c(ncn2CCSc2ncnc3nc[nH]c23)n(C)c1=O. The molecule has 11 heteroatoms. The summed E-state index contributed by atoms with van der Waals surface area (Å²) < 4.78 is 4.22. The Balaban J connectivity index is 1.63.